The highest BCUT2D eigenvalue weighted by Gasteiger charge is 2.41. The van der Waals surface area contributed by atoms with Crippen molar-refractivity contribution < 1.29 is 14.4 Å². The SMILES string of the molecule is Cn1c2c(c(=O)n(C)c1=O)[C@H]1c3cc([N+](=O)[O-])ccc3OC[C@@H]1CO2. The van der Waals surface area contributed by atoms with Gasteiger partial charge >= 0.3 is 5.69 Å². The largest absolute Gasteiger partial charge is 0.493 e. The van der Waals surface area contributed by atoms with Crippen LogP contribution in [0, 0.1) is 16.0 Å². The number of nitrogens with zero attached hydrogens (tertiary/aromatic N) is 3. The zero-order valence-electron chi connectivity index (χ0n) is 13.6. The molecule has 2 aromatic rings. The Hall–Kier alpha value is -3.10. The summed E-state index contributed by atoms with van der Waals surface area (Å²) in [6.07, 6.45) is 0. The zero-order chi connectivity index (χ0) is 17.9. The van der Waals surface area contributed by atoms with E-state index in [2.05, 4.69) is 0 Å². The van der Waals surface area contributed by atoms with Crippen molar-refractivity contribution in [3.05, 3.63) is 60.3 Å². The Morgan fingerprint density at radius 1 is 1.16 bits per heavy atom. The van der Waals surface area contributed by atoms with E-state index in [9.17, 15) is 19.7 Å². The number of non-ortho nitro benzene ring substituents is 1. The third kappa shape index (κ3) is 2.08. The Balaban J connectivity index is 2.02. The van der Waals surface area contributed by atoms with Crippen molar-refractivity contribution in [3.8, 4) is 11.6 Å². The van der Waals surface area contributed by atoms with Crippen LogP contribution in [0.3, 0.4) is 0 Å². The molecule has 3 heterocycles. The number of hydrogen-bond donors (Lipinski definition) is 0. The Labute approximate surface area is 141 Å². The molecule has 0 aliphatic carbocycles. The smallest absolute Gasteiger partial charge is 0.333 e. The van der Waals surface area contributed by atoms with E-state index in [1.807, 2.05) is 0 Å². The molecule has 0 bridgehead atoms. The monoisotopic (exact) mass is 345 g/mol. The van der Waals surface area contributed by atoms with Gasteiger partial charge < -0.3 is 9.47 Å². The molecule has 2 aliphatic rings. The first-order valence-corrected chi connectivity index (χ1v) is 7.74. The van der Waals surface area contributed by atoms with E-state index >= 15 is 0 Å². The lowest BCUT2D eigenvalue weighted by Crippen LogP contribution is -2.46. The standard InChI is InChI=1S/C16H15N3O6/c1-17-14(20)13-12-8(7-25-15(13)18(2)16(17)21)6-24-11-4-3-9(19(22)23)5-10(11)12/h3-5,8,12H,6-7H2,1-2H3/t8-,12-/m1/s1. The third-order valence-corrected chi connectivity index (χ3v) is 4.85. The average molecular weight is 345 g/mol. The van der Waals surface area contributed by atoms with Gasteiger partial charge in [-0.15, -0.1) is 0 Å². The Morgan fingerprint density at radius 2 is 1.88 bits per heavy atom. The van der Waals surface area contributed by atoms with Gasteiger partial charge in [-0.05, 0) is 6.07 Å². The van der Waals surface area contributed by atoms with Gasteiger partial charge in [0.2, 0.25) is 5.88 Å². The van der Waals surface area contributed by atoms with Crippen molar-refractivity contribution >= 4 is 5.69 Å². The normalized spacial score (nSPS) is 20.6. The number of rotatable bonds is 1. The van der Waals surface area contributed by atoms with Gasteiger partial charge in [0, 0.05) is 43.6 Å². The molecule has 0 N–H and O–H groups in total. The summed E-state index contributed by atoms with van der Waals surface area (Å²) in [5.41, 5.74) is -0.0879. The third-order valence-electron chi connectivity index (χ3n) is 4.85. The lowest BCUT2D eigenvalue weighted by atomic mass is 9.78. The van der Waals surface area contributed by atoms with E-state index in [1.54, 1.807) is 6.07 Å². The van der Waals surface area contributed by atoms with E-state index in [4.69, 9.17) is 9.47 Å². The summed E-state index contributed by atoms with van der Waals surface area (Å²) < 4.78 is 13.7. The zero-order valence-corrected chi connectivity index (χ0v) is 13.6. The highest BCUT2D eigenvalue weighted by Crippen LogP contribution is 2.46. The van der Waals surface area contributed by atoms with Crippen LogP contribution < -0.4 is 20.7 Å². The van der Waals surface area contributed by atoms with Crippen molar-refractivity contribution in [1.82, 2.24) is 9.13 Å². The molecule has 2 atom stereocenters. The minimum absolute atomic E-state index is 0.0716. The lowest BCUT2D eigenvalue weighted by Gasteiger charge is -2.37. The first-order valence-electron chi connectivity index (χ1n) is 7.74. The quantitative estimate of drug-likeness (QED) is 0.551. The molecule has 0 unspecified atom stereocenters. The highest BCUT2D eigenvalue weighted by molar-refractivity contribution is 5.52. The maximum Gasteiger partial charge on any atom is 0.333 e. The van der Waals surface area contributed by atoms with Crippen LogP contribution in [0.25, 0.3) is 0 Å². The van der Waals surface area contributed by atoms with Crippen LogP contribution in [0.1, 0.15) is 17.0 Å². The molecule has 130 valence electrons. The summed E-state index contributed by atoms with van der Waals surface area (Å²) in [6, 6.07) is 4.36. The molecule has 2 aliphatic heterocycles. The number of fused-ring (bicyclic) bond motifs is 5. The van der Waals surface area contributed by atoms with Gasteiger partial charge in [0.25, 0.3) is 11.2 Å². The van der Waals surface area contributed by atoms with E-state index in [-0.39, 0.29) is 24.1 Å². The molecule has 0 fully saturated rings. The van der Waals surface area contributed by atoms with Crippen LogP contribution in [-0.2, 0) is 14.1 Å². The second kappa shape index (κ2) is 5.20. The van der Waals surface area contributed by atoms with E-state index in [0.717, 1.165) is 4.57 Å². The molecule has 0 amide bonds. The van der Waals surface area contributed by atoms with Crippen LogP contribution >= 0.6 is 0 Å². The van der Waals surface area contributed by atoms with E-state index in [0.29, 0.717) is 23.5 Å². The molecule has 0 saturated heterocycles. The molecule has 25 heavy (non-hydrogen) atoms. The number of hydrogen-bond acceptors (Lipinski definition) is 6. The summed E-state index contributed by atoms with van der Waals surface area (Å²) in [5.74, 6) is 0.148. The number of aromatic nitrogens is 2. The van der Waals surface area contributed by atoms with Gasteiger partial charge in [-0.1, -0.05) is 0 Å². The number of nitro groups is 1. The molecular formula is C16H15N3O6. The molecular weight excluding hydrogens is 330 g/mol. The first-order chi connectivity index (χ1) is 11.9. The molecule has 9 heteroatoms. The van der Waals surface area contributed by atoms with Crippen LogP contribution in [-0.4, -0.2) is 27.3 Å². The van der Waals surface area contributed by atoms with Crippen molar-refractivity contribution in [1.29, 1.82) is 0 Å². The number of nitro benzene ring substituents is 1. The van der Waals surface area contributed by atoms with E-state index in [1.165, 1.54) is 30.8 Å². The van der Waals surface area contributed by atoms with Crippen LogP contribution in [0.2, 0.25) is 0 Å². The maximum absolute atomic E-state index is 12.8. The molecule has 1 aromatic heterocycles. The summed E-state index contributed by atoms with van der Waals surface area (Å²) in [5, 5.41) is 11.1. The van der Waals surface area contributed by atoms with Crippen LogP contribution in [0.4, 0.5) is 5.69 Å². The van der Waals surface area contributed by atoms with Gasteiger partial charge in [-0.2, -0.15) is 0 Å². The minimum atomic E-state index is -0.483. The fourth-order valence-corrected chi connectivity index (χ4v) is 3.58. The molecule has 0 saturated carbocycles. The average Bonchev–Trinajstić information content (AvgIpc) is 2.62. The molecule has 1 aromatic carbocycles. The van der Waals surface area contributed by atoms with Crippen molar-refractivity contribution in [2.75, 3.05) is 13.2 Å². The molecule has 9 nitrogen and oxygen atoms in total. The number of ether oxygens (including phenoxy) is 2. The van der Waals surface area contributed by atoms with Crippen molar-refractivity contribution in [3.63, 3.8) is 0 Å². The van der Waals surface area contributed by atoms with Gasteiger partial charge in [0.15, 0.2) is 0 Å². The fraction of sp³-hybridized carbons (Fsp3) is 0.375. The first kappa shape index (κ1) is 15.4. The summed E-state index contributed by atoms with van der Waals surface area (Å²) >= 11 is 0. The fourth-order valence-electron chi connectivity index (χ4n) is 3.58. The summed E-state index contributed by atoms with van der Waals surface area (Å²) in [4.78, 5) is 35.6. The van der Waals surface area contributed by atoms with Crippen LogP contribution in [0.5, 0.6) is 11.6 Å². The van der Waals surface area contributed by atoms with Gasteiger partial charge in [-0.3, -0.25) is 24.0 Å². The second-order valence-electron chi connectivity index (χ2n) is 6.26. The Kier molecular flexibility index (Phi) is 3.21. The van der Waals surface area contributed by atoms with E-state index < -0.39 is 22.1 Å². The second-order valence-corrected chi connectivity index (χ2v) is 6.26. The minimum Gasteiger partial charge on any atom is -0.493 e. The van der Waals surface area contributed by atoms with Crippen molar-refractivity contribution in [2.45, 2.75) is 5.92 Å². The molecule has 0 radical (unpaired) electrons. The van der Waals surface area contributed by atoms with Crippen LogP contribution in [0.15, 0.2) is 27.8 Å². The summed E-state index contributed by atoms with van der Waals surface area (Å²) in [7, 11) is 2.94. The van der Waals surface area contributed by atoms with Crippen molar-refractivity contribution in [2.24, 2.45) is 20.0 Å². The van der Waals surface area contributed by atoms with Gasteiger partial charge in [-0.25, -0.2) is 4.79 Å². The Bertz CT molecular complexity index is 1020. The summed E-state index contributed by atoms with van der Waals surface area (Å²) in [6.45, 7) is 0.598. The van der Waals surface area contributed by atoms with Gasteiger partial charge in [0.1, 0.15) is 5.75 Å². The molecule has 0 spiro atoms. The molecule has 4 rings (SSSR count). The topological polar surface area (TPSA) is 106 Å². The Morgan fingerprint density at radius 3 is 2.60 bits per heavy atom. The highest BCUT2D eigenvalue weighted by atomic mass is 16.6. The lowest BCUT2D eigenvalue weighted by molar-refractivity contribution is -0.385. The number of benzene rings is 1. The van der Waals surface area contributed by atoms with Gasteiger partial charge in [0.05, 0.1) is 23.7 Å². The maximum atomic E-state index is 12.8. The predicted molar refractivity (Wildman–Crippen MR) is 86.3 cm³/mol. The predicted octanol–water partition coefficient (Wildman–Crippen LogP) is 0.525.